The molecule has 2 heterocycles. The molecule has 0 saturated carbocycles. The van der Waals surface area contributed by atoms with E-state index in [2.05, 4.69) is 4.74 Å². The molecule has 1 saturated heterocycles. The maximum atomic E-state index is 10.8. The molecule has 0 radical (unpaired) electrons. The van der Waals surface area contributed by atoms with Crippen LogP contribution in [0.5, 0.6) is 0 Å². The Labute approximate surface area is 57.1 Å². The number of carbonyl (C=O) groups is 2. The summed E-state index contributed by atoms with van der Waals surface area (Å²) in [6.45, 7) is 0.101. The van der Waals surface area contributed by atoms with E-state index in [1.54, 1.807) is 6.08 Å². The van der Waals surface area contributed by atoms with E-state index >= 15 is 0 Å². The first kappa shape index (κ1) is 5.46. The minimum absolute atomic E-state index is 0.0548. The molecule has 2 rings (SSSR count). The molecule has 0 N–H and O–H groups in total. The zero-order valence-corrected chi connectivity index (χ0v) is 5.16. The molecule has 1 fully saturated rings. The number of carbonyl (C=O) groups excluding carboxylic acids is 2. The highest BCUT2D eigenvalue weighted by Crippen LogP contribution is 2.22. The second kappa shape index (κ2) is 1.59. The largest absolute Gasteiger partial charge is 0.439 e. The summed E-state index contributed by atoms with van der Waals surface area (Å²) in [5, 5.41) is 0. The van der Waals surface area contributed by atoms with Crippen molar-refractivity contribution in [3.63, 3.8) is 0 Å². The normalized spacial score (nSPS) is 22.8. The van der Waals surface area contributed by atoms with Crippen LogP contribution in [0.3, 0.4) is 0 Å². The van der Waals surface area contributed by atoms with Gasteiger partial charge in [-0.05, 0) is 6.08 Å². The predicted octanol–water partition coefficient (Wildman–Crippen LogP) is -0.383. The highest BCUT2D eigenvalue weighted by molar-refractivity contribution is 5.99. The molecule has 4 nitrogen and oxygen atoms in total. The zero-order valence-electron chi connectivity index (χ0n) is 5.16. The average molecular weight is 139 g/mol. The van der Waals surface area contributed by atoms with Crippen LogP contribution in [0, 0.1) is 0 Å². The van der Waals surface area contributed by atoms with E-state index in [0.717, 1.165) is 0 Å². The molecule has 0 aromatic rings. The number of hydrogen-bond donors (Lipinski definition) is 0. The van der Waals surface area contributed by atoms with Crippen LogP contribution in [0.4, 0.5) is 0 Å². The van der Waals surface area contributed by atoms with E-state index in [0.29, 0.717) is 12.1 Å². The molecule has 2 aliphatic heterocycles. The first-order valence-corrected chi connectivity index (χ1v) is 2.96. The minimum atomic E-state index is -0.383. The average Bonchev–Trinajstić information content (AvgIpc) is 2.41. The van der Waals surface area contributed by atoms with Gasteiger partial charge < -0.3 is 4.74 Å². The summed E-state index contributed by atoms with van der Waals surface area (Å²) < 4.78 is 4.59. The van der Waals surface area contributed by atoms with Gasteiger partial charge in [0, 0.05) is 6.42 Å². The fourth-order valence-corrected chi connectivity index (χ4v) is 1.07. The lowest BCUT2D eigenvalue weighted by Gasteiger charge is -2.04. The molecule has 0 aromatic heterocycles. The lowest BCUT2D eigenvalue weighted by molar-refractivity contribution is -0.136. The smallest absolute Gasteiger partial charge is 0.356 e. The van der Waals surface area contributed by atoms with Crippen LogP contribution in [0.15, 0.2) is 11.8 Å². The molecular formula is C6H5NO3. The van der Waals surface area contributed by atoms with Crippen LogP contribution in [0.2, 0.25) is 0 Å². The molecule has 0 aromatic carbocycles. The molecule has 10 heavy (non-hydrogen) atoms. The molecule has 4 heteroatoms. The van der Waals surface area contributed by atoms with Crippen molar-refractivity contribution >= 4 is 11.9 Å². The summed E-state index contributed by atoms with van der Waals surface area (Å²) in [5.74, 6) is -0.438. The van der Waals surface area contributed by atoms with E-state index in [4.69, 9.17) is 0 Å². The number of amides is 1. The molecule has 0 atom stereocenters. The van der Waals surface area contributed by atoms with E-state index < -0.39 is 0 Å². The molecule has 1 amide bonds. The van der Waals surface area contributed by atoms with Crippen LogP contribution in [-0.2, 0) is 14.3 Å². The van der Waals surface area contributed by atoms with Crippen LogP contribution in [0.25, 0.3) is 0 Å². The predicted molar refractivity (Wildman–Crippen MR) is 30.5 cm³/mol. The monoisotopic (exact) mass is 139 g/mol. The van der Waals surface area contributed by atoms with Gasteiger partial charge >= 0.3 is 5.97 Å². The first-order valence-electron chi connectivity index (χ1n) is 2.96. The summed E-state index contributed by atoms with van der Waals surface area (Å²) >= 11 is 0. The van der Waals surface area contributed by atoms with Gasteiger partial charge in [0.05, 0.1) is 0 Å². The van der Waals surface area contributed by atoms with Gasteiger partial charge in [-0.1, -0.05) is 0 Å². The highest BCUT2D eigenvalue weighted by atomic mass is 16.6. The minimum Gasteiger partial charge on any atom is -0.439 e. The summed E-state index contributed by atoms with van der Waals surface area (Å²) in [5.41, 5.74) is 0.407. The van der Waals surface area contributed by atoms with Crippen molar-refractivity contribution in [3.05, 3.63) is 11.8 Å². The molecular weight excluding hydrogens is 134 g/mol. The molecule has 0 aliphatic carbocycles. The maximum absolute atomic E-state index is 10.8. The van der Waals surface area contributed by atoms with Gasteiger partial charge in [-0.3, -0.25) is 9.69 Å². The van der Waals surface area contributed by atoms with Gasteiger partial charge in [-0.2, -0.15) is 0 Å². The third-order valence-corrected chi connectivity index (χ3v) is 1.60. The standard InChI is InChI=1S/C6H5NO3/c8-5-2-1-4-6(9)10-3-7(4)5/h1H,2-3H2. The first-order chi connectivity index (χ1) is 4.79. The fourth-order valence-electron chi connectivity index (χ4n) is 1.07. The van der Waals surface area contributed by atoms with E-state index in [9.17, 15) is 9.59 Å². The maximum Gasteiger partial charge on any atom is 0.356 e. The lowest BCUT2D eigenvalue weighted by atomic mass is 10.4. The van der Waals surface area contributed by atoms with Gasteiger partial charge in [0.25, 0.3) is 0 Å². The lowest BCUT2D eigenvalue weighted by Crippen LogP contribution is -2.21. The number of cyclic esters (lactones) is 1. The van der Waals surface area contributed by atoms with Gasteiger partial charge in [0.15, 0.2) is 6.73 Å². The van der Waals surface area contributed by atoms with Crippen molar-refractivity contribution in [2.75, 3.05) is 6.73 Å². The van der Waals surface area contributed by atoms with Gasteiger partial charge in [0.1, 0.15) is 5.70 Å². The summed E-state index contributed by atoms with van der Waals surface area (Å²) in [6.07, 6.45) is 1.93. The number of rotatable bonds is 0. The Morgan fingerprint density at radius 1 is 1.50 bits per heavy atom. The third kappa shape index (κ3) is 0.504. The van der Waals surface area contributed by atoms with Crippen LogP contribution in [-0.4, -0.2) is 23.5 Å². The zero-order chi connectivity index (χ0) is 7.14. The molecule has 52 valence electrons. The van der Waals surface area contributed by atoms with Gasteiger partial charge in [-0.25, -0.2) is 4.79 Å². The summed E-state index contributed by atoms with van der Waals surface area (Å²) in [6, 6.07) is 0. The summed E-state index contributed by atoms with van der Waals surface area (Å²) in [4.78, 5) is 22.9. The van der Waals surface area contributed by atoms with Crippen LogP contribution in [0.1, 0.15) is 6.42 Å². The van der Waals surface area contributed by atoms with Crippen LogP contribution >= 0.6 is 0 Å². The Morgan fingerprint density at radius 2 is 2.30 bits per heavy atom. The van der Waals surface area contributed by atoms with Gasteiger partial charge in [-0.15, -0.1) is 0 Å². The van der Waals surface area contributed by atoms with Crippen molar-refractivity contribution in [1.82, 2.24) is 4.90 Å². The van der Waals surface area contributed by atoms with E-state index in [-0.39, 0.29) is 18.6 Å². The Morgan fingerprint density at radius 3 is 3.00 bits per heavy atom. The SMILES string of the molecule is O=C1OCN2C(=O)CC=C12. The van der Waals surface area contributed by atoms with E-state index in [1.165, 1.54) is 4.90 Å². The Hall–Kier alpha value is -1.32. The number of esters is 1. The quantitative estimate of drug-likeness (QED) is 0.429. The van der Waals surface area contributed by atoms with E-state index in [1.807, 2.05) is 0 Å². The molecule has 0 bridgehead atoms. The second-order valence-corrected chi connectivity index (χ2v) is 2.18. The Kier molecular flexibility index (Phi) is 0.869. The van der Waals surface area contributed by atoms with Gasteiger partial charge in [0.2, 0.25) is 5.91 Å². The fraction of sp³-hybridized carbons (Fsp3) is 0.333. The van der Waals surface area contributed by atoms with Crippen molar-refractivity contribution in [3.8, 4) is 0 Å². The molecule has 0 spiro atoms. The molecule has 2 aliphatic rings. The Balaban J connectivity index is 2.37. The van der Waals surface area contributed by atoms with Crippen LogP contribution < -0.4 is 0 Å². The topological polar surface area (TPSA) is 46.6 Å². The van der Waals surface area contributed by atoms with Crippen molar-refractivity contribution in [1.29, 1.82) is 0 Å². The third-order valence-electron chi connectivity index (χ3n) is 1.60. The van der Waals surface area contributed by atoms with Crippen molar-refractivity contribution in [2.24, 2.45) is 0 Å². The second-order valence-electron chi connectivity index (χ2n) is 2.18. The molecule has 0 unspecified atom stereocenters. The van der Waals surface area contributed by atoms with Crippen molar-refractivity contribution < 1.29 is 14.3 Å². The number of nitrogens with zero attached hydrogens (tertiary/aromatic N) is 1. The highest BCUT2D eigenvalue weighted by Gasteiger charge is 2.35. The number of hydrogen-bond acceptors (Lipinski definition) is 3. The van der Waals surface area contributed by atoms with Crippen molar-refractivity contribution in [2.45, 2.75) is 6.42 Å². The summed E-state index contributed by atoms with van der Waals surface area (Å²) in [7, 11) is 0. The number of fused-ring (bicyclic) bond motifs is 1. The Bertz CT molecular complexity index is 243. The number of ether oxygens (including phenoxy) is 1.